The molecule has 0 aliphatic heterocycles. The van der Waals surface area contributed by atoms with Gasteiger partial charge in [0.25, 0.3) is 11.8 Å². The number of carbonyl (C=O) groups is 2. The third kappa shape index (κ3) is 6.80. The Hall–Kier alpha value is -3.42. The molecular formula is C23H30N2O6. The van der Waals surface area contributed by atoms with Gasteiger partial charge in [-0.05, 0) is 64.4 Å². The van der Waals surface area contributed by atoms with Crippen LogP contribution < -0.4 is 29.8 Å². The molecular weight excluding hydrogens is 400 g/mol. The van der Waals surface area contributed by atoms with Crippen molar-refractivity contribution in [3.8, 4) is 23.0 Å². The number of amides is 2. The minimum absolute atomic E-state index is 0.253. The molecule has 2 N–H and O–H groups in total. The van der Waals surface area contributed by atoms with Gasteiger partial charge in [-0.3, -0.25) is 20.4 Å². The lowest BCUT2D eigenvalue weighted by atomic mass is 10.1. The molecule has 0 heterocycles. The quantitative estimate of drug-likeness (QED) is 0.561. The van der Waals surface area contributed by atoms with Gasteiger partial charge in [0, 0.05) is 5.56 Å². The van der Waals surface area contributed by atoms with Crippen molar-refractivity contribution >= 4 is 11.8 Å². The molecule has 0 fully saturated rings. The molecule has 0 aliphatic carbocycles. The van der Waals surface area contributed by atoms with Crippen molar-refractivity contribution in [1.29, 1.82) is 0 Å². The number of aryl methyl sites for hydroxylation is 1. The summed E-state index contributed by atoms with van der Waals surface area (Å²) in [5, 5.41) is 0. The van der Waals surface area contributed by atoms with Crippen LogP contribution in [0.1, 0.15) is 43.6 Å². The number of rotatable bonds is 10. The number of carbonyl (C=O) groups excluding carboxylic acids is 2. The van der Waals surface area contributed by atoms with E-state index in [1.165, 1.54) is 0 Å². The van der Waals surface area contributed by atoms with Crippen LogP contribution in [0.5, 0.6) is 23.0 Å². The summed E-state index contributed by atoms with van der Waals surface area (Å²) in [5.74, 6) is 0.776. The molecule has 1 atom stereocenters. The molecule has 0 bridgehead atoms. The molecule has 0 aromatic heterocycles. The van der Waals surface area contributed by atoms with E-state index in [1.807, 2.05) is 45.9 Å². The van der Waals surface area contributed by atoms with E-state index in [9.17, 15) is 9.59 Å². The van der Waals surface area contributed by atoms with Gasteiger partial charge in [-0.25, -0.2) is 0 Å². The van der Waals surface area contributed by atoms with E-state index >= 15 is 0 Å². The standard InChI is InChI=1S/C23H30N2O6/c1-6-28-19-13-17(14-20(29-7-2)21(19)30-8-3)23(27)25-24-22(26)16(5)31-18-11-9-10-15(4)12-18/h9-14,16H,6-8H2,1-5H3,(H,24,26)(H,25,27). The number of hydrazine groups is 1. The van der Waals surface area contributed by atoms with Crippen LogP contribution in [0.15, 0.2) is 36.4 Å². The van der Waals surface area contributed by atoms with Crippen molar-refractivity contribution < 1.29 is 28.5 Å². The van der Waals surface area contributed by atoms with Crippen molar-refractivity contribution in [2.45, 2.75) is 40.7 Å². The molecule has 8 nitrogen and oxygen atoms in total. The first kappa shape index (κ1) is 23.9. The van der Waals surface area contributed by atoms with Crippen LogP contribution in [-0.4, -0.2) is 37.7 Å². The van der Waals surface area contributed by atoms with Gasteiger partial charge in [0.15, 0.2) is 17.6 Å². The van der Waals surface area contributed by atoms with Gasteiger partial charge in [0.1, 0.15) is 5.75 Å². The molecule has 168 valence electrons. The highest BCUT2D eigenvalue weighted by Gasteiger charge is 2.20. The number of nitrogens with one attached hydrogen (secondary N) is 2. The van der Waals surface area contributed by atoms with Crippen LogP contribution >= 0.6 is 0 Å². The van der Waals surface area contributed by atoms with Crippen LogP contribution in [-0.2, 0) is 4.79 Å². The molecule has 0 spiro atoms. The molecule has 0 saturated heterocycles. The molecule has 2 aromatic carbocycles. The molecule has 0 radical (unpaired) electrons. The van der Waals surface area contributed by atoms with E-state index in [-0.39, 0.29) is 5.56 Å². The fraction of sp³-hybridized carbons (Fsp3) is 0.391. The lowest BCUT2D eigenvalue weighted by Gasteiger charge is -2.18. The highest BCUT2D eigenvalue weighted by atomic mass is 16.5. The normalized spacial score (nSPS) is 11.3. The van der Waals surface area contributed by atoms with Crippen molar-refractivity contribution in [2.24, 2.45) is 0 Å². The van der Waals surface area contributed by atoms with E-state index in [0.29, 0.717) is 42.8 Å². The van der Waals surface area contributed by atoms with E-state index < -0.39 is 17.9 Å². The Kier molecular flexibility index (Phi) is 8.99. The fourth-order valence-electron chi connectivity index (χ4n) is 2.76. The van der Waals surface area contributed by atoms with Gasteiger partial charge in [0.2, 0.25) is 5.75 Å². The Morgan fingerprint density at radius 2 is 1.52 bits per heavy atom. The van der Waals surface area contributed by atoms with Crippen LogP contribution in [0.3, 0.4) is 0 Å². The van der Waals surface area contributed by atoms with Gasteiger partial charge in [0.05, 0.1) is 19.8 Å². The zero-order valence-corrected chi connectivity index (χ0v) is 18.6. The largest absolute Gasteiger partial charge is 0.490 e. The molecule has 31 heavy (non-hydrogen) atoms. The zero-order chi connectivity index (χ0) is 22.8. The molecule has 1 unspecified atom stereocenters. The highest BCUT2D eigenvalue weighted by Crippen LogP contribution is 2.39. The second-order valence-corrected chi connectivity index (χ2v) is 6.62. The average Bonchev–Trinajstić information content (AvgIpc) is 2.74. The predicted molar refractivity (Wildman–Crippen MR) is 117 cm³/mol. The van der Waals surface area contributed by atoms with Crippen molar-refractivity contribution in [1.82, 2.24) is 10.9 Å². The first-order valence-corrected chi connectivity index (χ1v) is 10.3. The predicted octanol–water partition coefficient (Wildman–Crippen LogP) is 3.42. The molecule has 2 rings (SSSR count). The van der Waals surface area contributed by atoms with E-state index in [4.69, 9.17) is 18.9 Å². The van der Waals surface area contributed by atoms with Crippen molar-refractivity contribution in [3.63, 3.8) is 0 Å². The smallest absolute Gasteiger partial charge is 0.279 e. The number of ether oxygens (including phenoxy) is 4. The van der Waals surface area contributed by atoms with Gasteiger partial charge in [-0.15, -0.1) is 0 Å². The van der Waals surface area contributed by atoms with Crippen molar-refractivity contribution in [2.75, 3.05) is 19.8 Å². The Balaban J connectivity index is 2.08. The summed E-state index contributed by atoms with van der Waals surface area (Å²) in [5.41, 5.74) is 6.05. The summed E-state index contributed by atoms with van der Waals surface area (Å²) in [6.07, 6.45) is -0.805. The SMILES string of the molecule is CCOc1cc(C(=O)NNC(=O)C(C)Oc2cccc(C)c2)cc(OCC)c1OCC. The van der Waals surface area contributed by atoms with Crippen LogP contribution in [0, 0.1) is 6.92 Å². The minimum atomic E-state index is -0.805. The highest BCUT2D eigenvalue weighted by molar-refractivity contribution is 5.97. The van der Waals surface area contributed by atoms with Crippen LogP contribution in [0.25, 0.3) is 0 Å². The molecule has 0 saturated carbocycles. The van der Waals surface area contributed by atoms with Crippen LogP contribution in [0.4, 0.5) is 0 Å². The molecule has 8 heteroatoms. The van der Waals surface area contributed by atoms with Gasteiger partial charge in [-0.1, -0.05) is 12.1 Å². The zero-order valence-electron chi connectivity index (χ0n) is 18.6. The van der Waals surface area contributed by atoms with Gasteiger partial charge >= 0.3 is 0 Å². The minimum Gasteiger partial charge on any atom is -0.490 e. The van der Waals surface area contributed by atoms with E-state index in [1.54, 1.807) is 25.1 Å². The maximum absolute atomic E-state index is 12.6. The topological polar surface area (TPSA) is 95.1 Å². The summed E-state index contributed by atoms with van der Waals surface area (Å²) >= 11 is 0. The molecule has 0 aliphatic rings. The first-order chi connectivity index (χ1) is 14.9. The first-order valence-electron chi connectivity index (χ1n) is 10.3. The number of benzene rings is 2. The van der Waals surface area contributed by atoms with Crippen molar-refractivity contribution in [3.05, 3.63) is 47.5 Å². The Bertz CT molecular complexity index is 872. The van der Waals surface area contributed by atoms with Gasteiger partial charge in [-0.2, -0.15) is 0 Å². The number of hydrogen-bond acceptors (Lipinski definition) is 6. The maximum atomic E-state index is 12.6. The Morgan fingerprint density at radius 3 is 2.06 bits per heavy atom. The molecule has 2 amide bonds. The summed E-state index contributed by atoms with van der Waals surface area (Å²) < 4.78 is 22.5. The second kappa shape index (κ2) is 11.7. The monoisotopic (exact) mass is 430 g/mol. The van der Waals surface area contributed by atoms with Gasteiger partial charge < -0.3 is 18.9 Å². The third-order valence-corrected chi connectivity index (χ3v) is 4.14. The number of hydrogen-bond donors (Lipinski definition) is 2. The van der Waals surface area contributed by atoms with E-state index in [2.05, 4.69) is 10.9 Å². The second-order valence-electron chi connectivity index (χ2n) is 6.62. The average molecular weight is 431 g/mol. The third-order valence-electron chi connectivity index (χ3n) is 4.14. The van der Waals surface area contributed by atoms with Crippen LogP contribution in [0.2, 0.25) is 0 Å². The fourth-order valence-corrected chi connectivity index (χ4v) is 2.76. The lowest BCUT2D eigenvalue weighted by Crippen LogP contribution is -2.47. The maximum Gasteiger partial charge on any atom is 0.279 e. The Labute approximate surface area is 182 Å². The summed E-state index contributed by atoms with van der Waals surface area (Å²) in [7, 11) is 0. The summed E-state index contributed by atoms with van der Waals surface area (Å²) in [4.78, 5) is 25.0. The Morgan fingerprint density at radius 1 is 0.903 bits per heavy atom. The summed E-state index contributed by atoms with van der Waals surface area (Å²) in [6, 6.07) is 10.5. The van der Waals surface area contributed by atoms with E-state index in [0.717, 1.165) is 5.56 Å². The molecule has 2 aromatic rings. The summed E-state index contributed by atoms with van der Waals surface area (Å²) in [6.45, 7) is 10.2. The lowest BCUT2D eigenvalue weighted by molar-refractivity contribution is -0.128.